The van der Waals surface area contributed by atoms with Gasteiger partial charge >= 0.3 is 0 Å². The van der Waals surface area contributed by atoms with E-state index in [-0.39, 0.29) is 11.5 Å². The van der Waals surface area contributed by atoms with E-state index in [1.807, 2.05) is 42.5 Å². The molecular weight excluding hydrogens is 450 g/mol. The van der Waals surface area contributed by atoms with E-state index < -0.39 is 0 Å². The lowest BCUT2D eigenvalue weighted by Crippen LogP contribution is -2.07. The van der Waals surface area contributed by atoms with Gasteiger partial charge in [-0.05, 0) is 48.4 Å². The molecule has 2 aromatic heterocycles. The van der Waals surface area contributed by atoms with Gasteiger partial charge in [0.2, 0.25) is 0 Å². The molecule has 0 spiro atoms. The van der Waals surface area contributed by atoms with Crippen LogP contribution in [0.4, 0.5) is 0 Å². The number of nitrogens with zero attached hydrogens (tertiary/aromatic N) is 3. The highest BCUT2D eigenvalue weighted by Crippen LogP contribution is 2.28. The van der Waals surface area contributed by atoms with Crippen molar-refractivity contribution in [3.8, 4) is 17.1 Å². The smallest absolute Gasteiger partial charge is 0.191 e. The predicted molar refractivity (Wildman–Crippen MR) is 127 cm³/mol. The fourth-order valence-electron chi connectivity index (χ4n) is 3.10. The van der Waals surface area contributed by atoms with Crippen LogP contribution >= 0.6 is 34.7 Å². The first kappa shape index (κ1) is 21.6. The molecule has 158 valence electrons. The fraction of sp³-hybridized carbons (Fsp3) is 0.174. The standard InChI is InChI=1S/C23H20ClN3O2S2/c1-29-18-9-7-17(8-10-18)22-25-26-23(27(22)14-13-16-5-3-2-4-6-16)30-15-19(28)20-11-12-21(24)31-20/h2-12H,13-15H2,1H3. The molecule has 0 radical (unpaired) electrons. The molecule has 2 heterocycles. The molecule has 0 aliphatic carbocycles. The van der Waals surface area contributed by atoms with Crippen LogP contribution < -0.4 is 4.74 Å². The van der Waals surface area contributed by atoms with Crippen LogP contribution in [0.2, 0.25) is 4.34 Å². The molecule has 0 saturated heterocycles. The average Bonchev–Trinajstić information content (AvgIpc) is 3.43. The Morgan fingerprint density at radius 3 is 2.52 bits per heavy atom. The van der Waals surface area contributed by atoms with Crippen LogP contribution in [-0.4, -0.2) is 33.4 Å². The summed E-state index contributed by atoms with van der Waals surface area (Å²) in [6, 6.07) is 21.5. The normalized spacial score (nSPS) is 10.9. The number of Topliss-reactive ketones (excluding diaryl/α,β-unsaturated/α-hetero) is 1. The van der Waals surface area contributed by atoms with E-state index in [4.69, 9.17) is 16.3 Å². The zero-order valence-electron chi connectivity index (χ0n) is 16.8. The summed E-state index contributed by atoms with van der Waals surface area (Å²) in [5.41, 5.74) is 2.18. The quantitative estimate of drug-likeness (QED) is 0.226. The Morgan fingerprint density at radius 2 is 1.84 bits per heavy atom. The molecule has 5 nitrogen and oxygen atoms in total. The van der Waals surface area contributed by atoms with Gasteiger partial charge in [0.05, 0.1) is 22.1 Å². The molecule has 0 fully saturated rings. The Bertz CT molecular complexity index is 1160. The van der Waals surface area contributed by atoms with Crippen LogP contribution in [0.1, 0.15) is 15.2 Å². The summed E-state index contributed by atoms with van der Waals surface area (Å²) in [4.78, 5) is 13.2. The summed E-state index contributed by atoms with van der Waals surface area (Å²) in [5, 5.41) is 9.54. The molecule has 0 aliphatic rings. The zero-order valence-corrected chi connectivity index (χ0v) is 19.2. The van der Waals surface area contributed by atoms with E-state index in [0.717, 1.165) is 28.7 Å². The van der Waals surface area contributed by atoms with E-state index in [1.54, 1.807) is 19.2 Å². The minimum absolute atomic E-state index is 0.0329. The molecule has 0 saturated carbocycles. The van der Waals surface area contributed by atoms with Gasteiger partial charge in [-0.3, -0.25) is 4.79 Å². The van der Waals surface area contributed by atoms with Crippen molar-refractivity contribution in [3.63, 3.8) is 0 Å². The summed E-state index contributed by atoms with van der Waals surface area (Å²) >= 11 is 8.66. The molecule has 0 amide bonds. The lowest BCUT2D eigenvalue weighted by Gasteiger charge is -2.11. The third-order valence-electron chi connectivity index (χ3n) is 4.71. The number of ketones is 1. The van der Waals surface area contributed by atoms with Crippen LogP contribution in [0, 0.1) is 0 Å². The van der Waals surface area contributed by atoms with Crippen molar-refractivity contribution in [2.24, 2.45) is 0 Å². The van der Waals surface area contributed by atoms with Crippen LogP contribution in [0.15, 0.2) is 71.9 Å². The van der Waals surface area contributed by atoms with Crippen molar-refractivity contribution >= 4 is 40.5 Å². The third-order valence-corrected chi connectivity index (χ3v) is 6.95. The van der Waals surface area contributed by atoms with Crippen molar-refractivity contribution < 1.29 is 9.53 Å². The van der Waals surface area contributed by atoms with Crippen molar-refractivity contribution in [1.82, 2.24) is 14.8 Å². The number of thiophene rings is 1. The minimum Gasteiger partial charge on any atom is -0.497 e. The highest BCUT2D eigenvalue weighted by Gasteiger charge is 2.17. The molecule has 4 rings (SSSR count). The molecule has 0 unspecified atom stereocenters. The maximum absolute atomic E-state index is 12.5. The molecule has 4 aromatic rings. The third kappa shape index (κ3) is 5.36. The van der Waals surface area contributed by atoms with Crippen molar-refractivity contribution in [1.29, 1.82) is 0 Å². The molecule has 8 heteroatoms. The van der Waals surface area contributed by atoms with Crippen molar-refractivity contribution in [2.75, 3.05) is 12.9 Å². The van der Waals surface area contributed by atoms with Gasteiger partial charge in [-0.2, -0.15) is 0 Å². The van der Waals surface area contributed by atoms with Gasteiger partial charge in [0, 0.05) is 12.1 Å². The zero-order chi connectivity index (χ0) is 21.6. The average molecular weight is 470 g/mol. The number of benzene rings is 2. The summed E-state index contributed by atoms with van der Waals surface area (Å²) in [6.45, 7) is 0.708. The summed E-state index contributed by atoms with van der Waals surface area (Å²) < 4.78 is 7.95. The van der Waals surface area contributed by atoms with Crippen LogP contribution in [0.3, 0.4) is 0 Å². The number of hydrogen-bond donors (Lipinski definition) is 0. The molecule has 0 atom stereocenters. The monoisotopic (exact) mass is 469 g/mol. The van der Waals surface area contributed by atoms with Gasteiger partial charge in [-0.25, -0.2) is 0 Å². The molecule has 2 aromatic carbocycles. The number of carbonyl (C=O) groups is 1. The second kappa shape index (κ2) is 10.1. The second-order valence-corrected chi connectivity index (χ2v) is 9.40. The van der Waals surface area contributed by atoms with Gasteiger partial charge < -0.3 is 9.30 Å². The molecular formula is C23H20ClN3O2S2. The lowest BCUT2D eigenvalue weighted by molar-refractivity contribution is 0.102. The Hall–Kier alpha value is -2.61. The van der Waals surface area contributed by atoms with Crippen molar-refractivity contribution in [2.45, 2.75) is 18.1 Å². The highest BCUT2D eigenvalue weighted by molar-refractivity contribution is 7.99. The number of thioether (sulfide) groups is 1. The summed E-state index contributed by atoms with van der Waals surface area (Å²) in [7, 11) is 1.64. The molecule has 0 bridgehead atoms. The Morgan fingerprint density at radius 1 is 1.06 bits per heavy atom. The number of halogens is 1. The maximum atomic E-state index is 12.5. The van der Waals surface area contributed by atoms with Crippen molar-refractivity contribution in [3.05, 3.63) is 81.5 Å². The minimum atomic E-state index is 0.0329. The largest absolute Gasteiger partial charge is 0.497 e. The first-order valence-corrected chi connectivity index (χ1v) is 11.8. The van der Waals surface area contributed by atoms with Crippen LogP contribution in [0.5, 0.6) is 5.75 Å². The number of rotatable bonds is 9. The predicted octanol–water partition coefficient (Wildman–Crippen LogP) is 5.89. The topological polar surface area (TPSA) is 57.0 Å². The van der Waals surface area contributed by atoms with Gasteiger partial charge in [-0.15, -0.1) is 21.5 Å². The fourth-order valence-corrected chi connectivity index (χ4v) is 5.02. The van der Waals surface area contributed by atoms with Crippen LogP contribution in [0.25, 0.3) is 11.4 Å². The van der Waals surface area contributed by atoms with Gasteiger partial charge in [0.1, 0.15) is 5.75 Å². The number of carbonyl (C=O) groups excluding carboxylic acids is 1. The number of ether oxygens (including phenoxy) is 1. The number of methoxy groups -OCH3 is 1. The van der Waals surface area contributed by atoms with Gasteiger partial charge in [0.25, 0.3) is 0 Å². The molecule has 0 N–H and O–H groups in total. The summed E-state index contributed by atoms with van der Waals surface area (Å²) in [5.74, 6) is 1.87. The number of aryl methyl sites for hydroxylation is 1. The van der Waals surface area contributed by atoms with E-state index in [2.05, 4.69) is 26.9 Å². The first-order chi connectivity index (χ1) is 15.1. The lowest BCUT2D eigenvalue weighted by atomic mass is 10.1. The molecule has 0 aliphatic heterocycles. The van der Waals surface area contributed by atoms with E-state index in [1.165, 1.54) is 28.7 Å². The number of aromatic nitrogens is 3. The van der Waals surface area contributed by atoms with Gasteiger partial charge in [-0.1, -0.05) is 53.7 Å². The highest BCUT2D eigenvalue weighted by atomic mass is 35.5. The van der Waals surface area contributed by atoms with E-state index in [9.17, 15) is 4.79 Å². The number of hydrogen-bond acceptors (Lipinski definition) is 6. The Kier molecular flexibility index (Phi) is 7.06. The van der Waals surface area contributed by atoms with Crippen LogP contribution in [-0.2, 0) is 13.0 Å². The van der Waals surface area contributed by atoms with E-state index in [0.29, 0.717) is 15.8 Å². The Balaban J connectivity index is 1.57. The Labute approximate surface area is 194 Å². The molecule has 31 heavy (non-hydrogen) atoms. The second-order valence-electron chi connectivity index (χ2n) is 6.74. The first-order valence-electron chi connectivity index (χ1n) is 9.67. The van der Waals surface area contributed by atoms with E-state index >= 15 is 0 Å². The summed E-state index contributed by atoms with van der Waals surface area (Å²) in [6.07, 6.45) is 0.837. The maximum Gasteiger partial charge on any atom is 0.191 e. The van der Waals surface area contributed by atoms with Gasteiger partial charge in [0.15, 0.2) is 16.8 Å². The SMILES string of the molecule is COc1ccc(-c2nnc(SCC(=O)c3ccc(Cl)s3)n2CCc2ccccc2)cc1.